The van der Waals surface area contributed by atoms with Gasteiger partial charge in [-0.05, 0) is 42.3 Å². The van der Waals surface area contributed by atoms with Crippen molar-refractivity contribution < 1.29 is 13.9 Å². The molecule has 0 aliphatic carbocycles. The van der Waals surface area contributed by atoms with Gasteiger partial charge in [0, 0.05) is 16.0 Å². The van der Waals surface area contributed by atoms with Crippen LogP contribution in [0.3, 0.4) is 0 Å². The summed E-state index contributed by atoms with van der Waals surface area (Å²) in [5.74, 6) is -0.109. The molecule has 0 radical (unpaired) electrons. The minimum Gasteiger partial charge on any atom is -0.464 e. The molecular formula is C18H14Cl2O3. The summed E-state index contributed by atoms with van der Waals surface area (Å²) in [6.07, 6.45) is 2.62. The molecule has 3 nitrogen and oxygen atoms in total. The molecule has 2 aromatic carbocycles. The average molecular weight is 349 g/mol. The lowest BCUT2D eigenvalue weighted by atomic mass is 10.1. The molecule has 0 aliphatic rings. The molecule has 0 amide bonds. The van der Waals surface area contributed by atoms with Crippen molar-refractivity contribution in [2.75, 3.05) is 0 Å². The topological polar surface area (TPSA) is 39.4 Å². The molecule has 0 aliphatic heterocycles. The molecule has 0 saturated heterocycles. The number of benzene rings is 2. The number of fused-ring (bicyclic) bond motifs is 1. The summed E-state index contributed by atoms with van der Waals surface area (Å²) in [6, 6.07) is 10.7. The second kappa shape index (κ2) is 6.65. The lowest BCUT2D eigenvalue weighted by Gasteiger charge is -2.06. The zero-order valence-electron chi connectivity index (χ0n) is 12.4. The lowest BCUT2D eigenvalue weighted by molar-refractivity contribution is -0.133. The maximum Gasteiger partial charge on any atom is 0.315 e. The molecule has 0 fully saturated rings. The minimum atomic E-state index is -0.404. The fourth-order valence-electron chi connectivity index (χ4n) is 2.36. The fourth-order valence-corrected chi connectivity index (χ4v) is 2.81. The highest BCUT2D eigenvalue weighted by atomic mass is 35.5. The van der Waals surface area contributed by atoms with Gasteiger partial charge in [0.05, 0.1) is 17.7 Å². The first kappa shape index (κ1) is 15.9. The van der Waals surface area contributed by atoms with Crippen LogP contribution in [0.1, 0.15) is 18.1 Å². The van der Waals surface area contributed by atoms with Crippen molar-refractivity contribution in [3.05, 3.63) is 63.8 Å². The number of aryl methyl sites for hydroxylation is 1. The van der Waals surface area contributed by atoms with E-state index in [0.717, 1.165) is 23.0 Å². The van der Waals surface area contributed by atoms with Gasteiger partial charge < -0.3 is 9.15 Å². The number of rotatable bonds is 4. The summed E-state index contributed by atoms with van der Waals surface area (Å²) in [6.45, 7) is 2.08. The van der Waals surface area contributed by atoms with Crippen LogP contribution in [0.2, 0.25) is 10.0 Å². The van der Waals surface area contributed by atoms with Crippen molar-refractivity contribution in [1.82, 2.24) is 0 Å². The zero-order valence-corrected chi connectivity index (χ0v) is 13.9. The van der Waals surface area contributed by atoms with Crippen molar-refractivity contribution in [2.24, 2.45) is 0 Å². The van der Waals surface area contributed by atoms with Crippen molar-refractivity contribution in [2.45, 2.75) is 19.8 Å². The standard InChI is InChI=1S/C18H14Cl2O3/c1-2-11-3-5-16-14(7-11)12(10-22-16)8-18(21)23-17-6-4-13(19)9-15(17)20/h3-7,9-10H,2,8H2,1H3. The summed E-state index contributed by atoms with van der Waals surface area (Å²) in [4.78, 5) is 12.2. The first-order chi connectivity index (χ1) is 11.1. The maximum atomic E-state index is 12.2. The highest BCUT2D eigenvalue weighted by Gasteiger charge is 2.14. The van der Waals surface area contributed by atoms with Gasteiger partial charge in [-0.25, -0.2) is 0 Å². The van der Waals surface area contributed by atoms with Gasteiger partial charge in [0.1, 0.15) is 11.3 Å². The molecule has 0 saturated carbocycles. The highest BCUT2D eigenvalue weighted by molar-refractivity contribution is 6.35. The fraction of sp³-hybridized carbons (Fsp3) is 0.167. The smallest absolute Gasteiger partial charge is 0.315 e. The van der Waals surface area contributed by atoms with Crippen LogP contribution in [0.25, 0.3) is 11.0 Å². The quantitative estimate of drug-likeness (QED) is 0.464. The summed E-state index contributed by atoms with van der Waals surface area (Å²) in [5, 5.41) is 1.72. The Bertz CT molecular complexity index is 868. The SMILES string of the molecule is CCc1ccc2occ(CC(=O)Oc3ccc(Cl)cc3Cl)c2c1. The average Bonchev–Trinajstić information content (AvgIpc) is 2.92. The first-order valence-corrected chi connectivity index (χ1v) is 7.97. The molecule has 1 heterocycles. The predicted molar refractivity (Wildman–Crippen MR) is 91.4 cm³/mol. The van der Waals surface area contributed by atoms with Crippen molar-refractivity contribution >= 4 is 40.1 Å². The second-order valence-corrected chi connectivity index (χ2v) is 6.01. The van der Waals surface area contributed by atoms with E-state index in [9.17, 15) is 4.79 Å². The van der Waals surface area contributed by atoms with E-state index in [4.69, 9.17) is 32.4 Å². The molecule has 23 heavy (non-hydrogen) atoms. The van der Waals surface area contributed by atoms with E-state index in [1.807, 2.05) is 18.2 Å². The van der Waals surface area contributed by atoms with Crippen LogP contribution in [0, 0.1) is 0 Å². The largest absolute Gasteiger partial charge is 0.464 e. The van der Waals surface area contributed by atoms with Gasteiger partial charge in [-0.3, -0.25) is 4.79 Å². The highest BCUT2D eigenvalue weighted by Crippen LogP contribution is 2.28. The Hall–Kier alpha value is -1.97. The molecule has 118 valence electrons. The van der Waals surface area contributed by atoms with E-state index in [2.05, 4.69) is 6.92 Å². The van der Waals surface area contributed by atoms with Crippen LogP contribution in [-0.4, -0.2) is 5.97 Å². The number of furan rings is 1. The molecule has 0 bridgehead atoms. The first-order valence-electron chi connectivity index (χ1n) is 7.21. The van der Waals surface area contributed by atoms with Gasteiger partial charge in [0.25, 0.3) is 0 Å². The maximum absolute atomic E-state index is 12.2. The molecule has 5 heteroatoms. The van der Waals surface area contributed by atoms with Gasteiger partial charge in [0.2, 0.25) is 0 Å². The van der Waals surface area contributed by atoms with Crippen molar-refractivity contribution in [3.8, 4) is 5.75 Å². The number of ether oxygens (including phenoxy) is 1. The minimum absolute atomic E-state index is 0.110. The molecule has 0 N–H and O–H groups in total. The normalized spacial score (nSPS) is 10.9. The Labute approximate surface area is 143 Å². The third kappa shape index (κ3) is 3.52. The Morgan fingerprint density at radius 1 is 1.17 bits per heavy atom. The third-order valence-corrected chi connectivity index (χ3v) is 4.11. The summed E-state index contributed by atoms with van der Waals surface area (Å²) in [7, 11) is 0. The van der Waals surface area contributed by atoms with Gasteiger partial charge >= 0.3 is 5.97 Å². The molecule has 0 unspecified atom stereocenters. The van der Waals surface area contributed by atoms with Crippen LogP contribution in [-0.2, 0) is 17.6 Å². The zero-order chi connectivity index (χ0) is 16.4. The van der Waals surface area contributed by atoms with Gasteiger partial charge in [0.15, 0.2) is 0 Å². The Morgan fingerprint density at radius 2 is 2.00 bits per heavy atom. The monoisotopic (exact) mass is 348 g/mol. The lowest BCUT2D eigenvalue weighted by Crippen LogP contribution is -2.11. The molecule has 1 aromatic heterocycles. The van der Waals surface area contributed by atoms with Crippen molar-refractivity contribution in [1.29, 1.82) is 0 Å². The number of carbonyl (C=O) groups is 1. The van der Waals surface area contributed by atoms with E-state index in [1.165, 1.54) is 11.6 Å². The van der Waals surface area contributed by atoms with Crippen LogP contribution >= 0.6 is 23.2 Å². The molecule has 0 spiro atoms. The summed E-state index contributed by atoms with van der Waals surface area (Å²) >= 11 is 11.8. The summed E-state index contributed by atoms with van der Waals surface area (Å²) in [5.41, 5.74) is 2.74. The number of carbonyl (C=O) groups excluding carboxylic acids is 1. The van der Waals surface area contributed by atoms with Crippen molar-refractivity contribution in [3.63, 3.8) is 0 Å². The van der Waals surface area contributed by atoms with E-state index < -0.39 is 5.97 Å². The second-order valence-electron chi connectivity index (χ2n) is 5.17. The van der Waals surface area contributed by atoms with Crippen LogP contribution < -0.4 is 4.74 Å². The number of hydrogen-bond acceptors (Lipinski definition) is 3. The molecule has 3 aromatic rings. The van der Waals surface area contributed by atoms with Crippen LogP contribution in [0.4, 0.5) is 0 Å². The Kier molecular flexibility index (Phi) is 4.60. The number of halogens is 2. The van der Waals surface area contributed by atoms with E-state index >= 15 is 0 Å². The Morgan fingerprint density at radius 3 is 2.74 bits per heavy atom. The predicted octanol–water partition coefficient (Wildman–Crippen LogP) is 5.45. The number of hydrogen-bond donors (Lipinski definition) is 0. The number of esters is 1. The van der Waals surface area contributed by atoms with Gasteiger partial charge in [-0.1, -0.05) is 36.2 Å². The van der Waals surface area contributed by atoms with Gasteiger partial charge in [-0.2, -0.15) is 0 Å². The third-order valence-electron chi connectivity index (χ3n) is 3.58. The van der Waals surface area contributed by atoms with Crippen LogP contribution in [0.5, 0.6) is 5.75 Å². The molecular weight excluding hydrogens is 335 g/mol. The molecule has 0 atom stereocenters. The Balaban J connectivity index is 1.80. The summed E-state index contributed by atoms with van der Waals surface area (Å²) < 4.78 is 10.8. The van der Waals surface area contributed by atoms with E-state index in [-0.39, 0.29) is 6.42 Å². The van der Waals surface area contributed by atoms with E-state index in [1.54, 1.807) is 18.4 Å². The van der Waals surface area contributed by atoms with Crippen LogP contribution in [0.15, 0.2) is 47.1 Å². The van der Waals surface area contributed by atoms with Gasteiger partial charge in [-0.15, -0.1) is 0 Å². The van der Waals surface area contributed by atoms with E-state index in [0.29, 0.717) is 15.8 Å². The molecule has 3 rings (SSSR count).